The minimum atomic E-state index is -2.83. The molecule has 0 N–H and O–H groups in total. The van der Waals surface area contributed by atoms with Crippen LogP contribution in [0.1, 0.15) is 88.6 Å². The Hall–Kier alpha value is -5.20. The van der Waals surface area contributed by atoms with Crippen molar-refractivity contribution in [3.63, 3.8) is 0 Å². The summed E-state index contributed by atoms with van der Waals surface area (Å²) in [6, 6.07) is 4.85. The number of nitrogens with zero attached hydrogens (tertiary/aromatic N) is 3. The lowest BCUT2D eigenvalue weighted by Crippen LogP contribution is -2.62. The van der Waals surface area contributed by atoms with E-state index in [0.29, 0.717) is 14.5 Å². The van der Waals surface area contributed by atoms with Gasteiger partial charge in [0.05, 0.1) is 15.2 Å². The molecule has 1 atom stereocenters. The monoisotopic (exact) mass is 949 g/mol. The number of esters is 2. The number of amides is 3. The molecule has 322 valence electrons. The van der Waals surface area contributed by atoms with Gasteiger partial charge in [0.2, 0.25) is 5.41 Å². The summed E-state index contributed by atoms with van der Waals surface area (Å²) < 4.78 is 74.6. The number of pyridine rings is 1. The molecule has 13 nitrogen and oxygen atoms in total. The van der Waals surface area contributed by atoms with Crippen LogP contribution >= 0.6 is 22.6 Å². The Balaban J connectivity index is 1.67. The normalized spacial score (nSPS) is 14.3. The Morgan fingerprint density at radius 3 is 1.92 bits per heavy atom. The molecule has 0 saturated carbocycles. The van der Waals surface area contributed by atoms with Gasteiger partial charge in [-0.05, 0) is 121 Å². The van der Waals surface area contributed by atoms with E-state index in [2.05, 4.69) is 4.98 Å². The Bertz CT molecular complexity index is 2380. The number of furan rings is 1. The lowest BCUT2D eigenvalue weighted by molar-refractivity contribution is -0.186. The van der Waals surface area contributed by atoms with Gasteiger partial charge < -0.3 is 28.3 Å². The van der Waals surface area contributed by atoms with Crippen LogP contribution in [0, 0.1) is 31.9 Å². The zero-order valence-corrected chi connectivity index (χ0v) is 37.5. The van der Waals surface area contributed by atoms with Crippen LogP contribution in [0.4, 0.5) is 34.3 Å². The average molecular weight is 950 g/mol. The van der Waals surface area contributed by atoms with E-state index in [0.717, 1.165) is 17.0 Å². The summed E-state index contributed by atoms with van der Waals surface area (Å²) in [5.41, 5.74) is -7.63. The van der Waals surface area contributed by atoms with E-state index in [1.165, 1.54) is 66.1 Å². The van der Waals surface area contributed by atoms with Crippen molar-refractivity contribution in [1.82, 2.24) is 4.98 Å². The van der Waals surface area contributed by atoms with Crippen LogP contribution in [0.5, 0.6) is 5.75 Å². The smallest absolute Gasteiger partial charge is 0.425 e. The number of halogens is 4. The van der Waals surface area contributed by atoms with Crippen LogP contribution in [0.15, 0.2) is 47.2 Å². The summed E-state index contributed by atoms with van der Waals surface area (Å²) in [6.07, 6.45) is 0.248. The van der Waals surface area contributed by atoms with Gasteiger partial charge in [0.25, 0.3) is 5.91 Å². The quantitative estimate of drug-likeness (QED) is 0.0596. The number of benzene rings is 2. The molecule has 1 aliphatic rings. The Morgan fingerprint density at radius 2 is 1.37 bits per heavy atom. The highest BCUT2D eigenvalue weighted by molar-refractivity contribution is 14.1. The predicted molar refractivity (Wildman–Crippen MR) is 223 cm³/mol. The number of hydrogen-bond acceptors (Lipinski definition) is 11. The number of anilines is 2. The highest BCUT2D eigenvalue weighted by Gasteiger charge is 2.66. The van der Waals surface area contributed by atoms with Crippen molar-refractivity contribution in [2.24, 2.45) is 10.8 Å². The molecule has 0 radical (unpaired) electrons. The van der Waals surface area contributed by atoms with E-state index in [9.17, 15) is 32.8 Å². The first-order chi connectivity index (χ1) is 27.5. The van der Waals surface area contributed by atoms with Gasteiger partial charge in [0.15, 0.2) is 23.0 Å². The predicted octanol–water partition coefficient (Wildman–Crippen LogP) is 10.1. The molecule has 3 amide bonds. The number of fused-ring (bicyclic) bond motifs is 2. The molecule has 0 bridgehead atoms. The van der Waals surface area contributed by atoms with Crippen LogP contribution in [0.25, 0.3) is 22.1 Å². The Morgan fingerprint density at radius 1 is 0.783 bits per heavy atom. The molecule has 3 heterocycles. The third kappa shape index (κ3) is 8.95. The number of hydrogen-bond donors (Lipinski definition) is 0. The highest BCUT2D eigenvalue weighted by Crippen LogP contribution is 2.48. The zero-order chi connectivity index (χ0) is 45.1. The van der Waals surface area contributed by atoms with Gasteiger partial charge in [-0.15, -0.1) is 0 Å². The molecule has 2 aromatic carbocycles. The summed E-state index contributed by atoms with van der Waals surface area (Å²) in [7, 11) is 0. The maximum absolute atomic E-state index is 17.1. The maximum Gasteiger partial charge on any atom is 0.425 e. The first-order valence-electron chi connectivity index (χ1n) is 18.8. The van der Waals surface area contributed by atoms with Crippen molar-refractivity contribution in [3.8, 4) is 16.9 Å². The van der Waals surface area contributed by atoms with Crippen molar-refractivity contribution in [3.05, 3.63) is 69.4 Å². The summed E-state index contributed by atoms with van der Waals surface area (Å²) >= 11 is 1.94. The highest BCUT2D eigenvalue weighted by atomic mass is 127. The first-order valence-corrected chi connectivity index (χ1v) is 19.9. The van der Waals surface area contributed by atoms with E-state index in [1.807, 2.05) is 22.6 Å². The van der Waals surface area contributed by atoms with Gasteiger partial charge in [-0.1, -0.05) is 20.8 Å². The van der Waals surface area contributed by atoms with Gasteiger partial charge in [0.1, 0.15) is 28.4 Å². The SMILES string of the molecule is CC(C)(C)OC(=O)N(C(=O)OC(C)(C)C)c1ncc(I)c2occ(-c3ccc4c(c3F)CCN4C(=O)C(C(=O)Oc3cc(F)ccc3F)(C(=O)OC(C)(C)C)C(C)(C)C)c12. The van der Waals surface area contributed by atoms with E-state index >= 15 is 4.39 Å². The lowest BCUT2D eigenvalue weighted by atomic mass is 9.65. The largest absolute Gasteiger partial charge is 0.462 e. The molecule has 60 heavy (non-hydrogen) atoms. The molecule has 1 unspecified atom stereocenters. The number of rotatable bonds is 6. The van der Waals surface area contributed by atoms with Crippen LogP contribution in [0.2, 0.25) is 0 Å². The van der Waals surface area contributed by atoms with Crippen molar-refractivity contribution in [1.29, 1.82) is 0 Å². The van der Waals surface area contributed by atoms with Crippen LogP contribution in [0.3, 0.4) is 0 Å². The van der Waals surface area contributed by atoms with Crippen LogP contribution in [-0.4, -0.2) is 58.4 Å². The van der Waals surface area contributed by atoms with E-state index in [-0.39, 0.29) is 52.1 Å². The van der Waals surface area contributed by atoms with Crippen LogP contribution < -0.4 is 14.5 Å². The van der Waals surface area contributed by atoms with Gasteiger partial charge in [-0.25, -0.2) is 32.5 Å². The van der Waals surface area contributed by atoms with Crippen molar-refractivity contribution >= 4 is 75.1 Å². The van der Waals surface area contributed by atoms with Gasteiger partial charge in [0, 0.05) is 41.2 Å². The lowest BCUT2D eigenvalue weighted by Gasteiger charge is -2.42. The molecule has 0 aliphatic carbocycles. The molecule has 1 aliphatic heterocycles. The minimum Gasteiger partial charge on any atom is -0.462 e. The van der Waals surface area contributed by atoms with Gasteiger partial charge in [-0.2, -0.15) is 4.90 Å². The number of aromatic nitrogens is 1. The summed E-state index contributed by atoms with van der Waals surface area (Å²) in [4.78, 5) is 77.0. The molecular formula is C43H47F3IN3O10. The van der Waals surface area contributed by atoms with Crippen molar-refractivity contribution in [2.45, 2.75) is 106 Å². The molecule has 0 spiro atoms. The first kappa shape index (κ1) is 45.9. The number of carbonyl (C=O) groups is 5. The van der Waals surface area contributed by atoms with Gasteiger partial charge in [-0.3, -0.25) is 9.59 Å². The summed E-state index contributed by atoms with van der Waals surface area (Å²) in [6.45, 7) is 18.2. The van der Waals surface area contributed by atoms with E-state index in [1.54, 1.807) is 41.5 Å². The topological polar surface area (TPSA) is 155 Å². The maximum atomic E-state index is 17.1. The summed E-state index contributed by atoms with van der Waals surface area (Å²) in [5, 5.41) is 0.0624. The molecule has 0 saturated heterocycles. The second kappa shape index (κ2) is 16.0. The molecule has 4 aromatic rings. The molecular weight excluding hydrogens is 902 g/mol. The number of imide groups is 1. The fourth-order valence-corrected chi connectivity index (χ4v) is 7.11. The van der Waals surface area contributed by atoms with E-state index < -0.39 is 80.9 Å². The Kier molecular flexibility index (Phi) is 12.2. The fourth-order valence-electron chi connectivity index (χ4n) is 6.57. The number of ether oxygens (including phenoxy) is 4. The summed E-state index contributed by atoms with van der Waals surface area (Å²) in [5.74, 6) is -8.07. The molecule has 5 rings (SSSR count). The van der Waals surface area contributed by atoms with Crippen LogP contribution in [-0.2, 0) is 35.0 Å². The zero-order valence-electron chi connectivity index (χ0n) is 35.4. The second-order valence-corrected chi connectivity index (χ2v) is 19.3. The molecule has 0 fully saturated rings. The standard InChI is InChI=1S/C43H47F3IN3O10/c1-39(2,3)43(36(53)58-40(4,5)6,35(52)57-29-19-22(44)13-15-26(29)45)34(51)49-18-17-24-28(49)16-14-23(31(24)46)25-21-56-32-27(47)20-48-33(30(25)32)50(37(54)59-41(7,8)9)38(55)60-42(10,11)12/h13-16,19-21H,17-18H2,1-12H3. The minimum absolute atomic E-state index is 0.00279. The second-order valence-electron chi connectivity index (χ2n) is 18.2. The fraction of sp³-hybridized carbons (Fsp3) is 0.442. The van der Waals surface area contributed by atoms with Crippen molar-refractivity contribution < 1.29 is 60.5 Å². The number of carbonyl (C=O) groups excluding carboxylic acids is 5. The van der Waals surface area contributed by atoms with Crippen molar-refractivity contribution in [2.75, 3.05) is 16.3 Å². The molecule has 2 aromatic heterocycles. The van der Waals surface area contributed by atoms with Gasteiger partial charge >= 0.3 is 24.1 Å². The third-order valence-electron chi connectivity index (χ3n) is 9.08. The third-order valence-corrected chi connectivity index (χ3v) is 9.85. The van der Waals surface area contributed by atoms with E-state index in [4.69, 9.17) is 23.4 Å². The molecule has 17 heteroatoms. The average Bonchev–Trinajstić information content (AvgIpc) is 3.71. The Labute approximate surface area is 359 Å².